The average molecular weight is 353 g/mol. The Morgan fingerprint density at radius 1 is 1.35 bits per heavy atom. The SMILES string of the molecule is CC(COc1ccccc1)C(=O)Nc1cc2c(cc1C(=N)N)CCCO2. The molecule has 26 heavy (non-hydrogen) atoms. The molecule has 1 atom stereocenters. The summed E-state index contributed by atoms with van der Waals surface area (Å²) < 4.78 is 11.3. The number of amides is 1. The number of hydrogen-bond acceptors (Lipinski definition) is 4. The van der Waals surface area contributed by atoms with Crippen molar-refractivity contribution in [3.8, 4) is 11.5 Å². The van der Waals surface area contributed by atoms with Gasteiger partial charge in [0.05, 0.1) is 24.8 Å². The molecule has 0 fully saturated rings. The molecule has 0 radical (unpaired) electrons. The molecule has 0 saturated heterocycles. The number of benzene rings is 2. The van der Waals surface area contributed by atoms with Gasteiger partial charge in [0.1, 0.15) is 17.3 Å². The monoisotopic (exact) mass is 353 g/mol. The van der Waals surface area contributed by atoms with Gasteiger partial charge >= 0.3 is 0 Å². The van der Waals surface area contributed by atoms with E-state index in [1.54, 1.807) is 13.0 Å². The van der Waals surface area contributed by atoms with E-state index in [9.17, 15) is 4.79 Å². The lowest BCUT2D eigenvalue weighted by molar-refractivity contribution is -0.120. The van der Waals surface area contributed by atoms with Gasteiger partial charge < -0.3 is 20.5 Å². The summed E-state index contributed by atoms with van der Waals surface area (Å²) in [6.45, 7) is 2.70. The number of nitrogen functional groups attached to an aromatic ring is 1. The molecule has 0 saturated carbocycles. The number of amidine groups is 1. The van der Waals surface area contributed by atoms with Gasteiger partial charge in [0.2, 0.25) is 5.91 Å². The Hall–Kier alpha value is -3.02. The van der Waals surface area contributed by atoms with Crippen LogP contribution in [0.3, 0.4) is 0 Å². The van der Waals surface area contributed by atoms with Crippen molar-refractivity contribution in [2.75, 3.05) is 18.5 Å². The fourth-order valence-electron chi connectivity index (χ4n) is 2.79. The van der Waals surface area contributed by atoms with Crippen molar-refractivity contribution < 1.29 is 14.3 Å². The highest BCUT2D eigenvalue weighted by molar-refractivity contribution is 6.05. The van der Waals surface area contributed by atoms with Crippen molar-refractivity contribution in [2.45, 2.75) is 19.8 Å². The van der Waals surface area contributed by atoms with E-state index in [2.05, 4.69) is 5.32 Å². The van der Waals surface area contributed by atoms with Crippen molar-refractivity contribution in [3.63, 3.8) is 0 Å². The molecule has 1 unspecified atom stereocenters. The highest BCUT2D eigenvalue weighted by Gasteiger charge is 2.20. The molecule has 0 aliphatic carbocycles. The largest absolute Gasteiger partial charge is 0.493 e. The summed E-state index contributed by atoms with van der Waals surface area (Å²) in [5.74, 6) is 0.816. The molecule has 2 aromatic rings. The van der Waals surface area contributed by atoms with E-state index in [4.69, 9.17) is 20.6 Å². The van der Waals surface area contributed by atoms with Crippen LogP contribution in [0.5, 0.6) is 11.5 Å². The van der Waals surface area contributed by atoms with Crippen LogP contribution in [0.25, 0.3) is 0 Å². The van der Waals surface area contributed by atoms with E-state index < -0.39 is 0 Å². The van der Waals surface area contributed by atoms with Crippen LogP contribution in [-0.2, 0) is 11.2 Å². The number of nitrogens with two attached hydrogens (primary N) is 1. The van der Waals surface area contributed by atoms with Crippen molar-refractivity contribution >= 4 is 17.4 Å². The third-order valence-corrected chi connectivity index (χ3v) is 4.29. The third-order valence-electron chi connectivity index (χ3n) is 4.29. The zero-order valence-corrected chi connectivity index (χ0v) is 14.7. The molecule has 6 nitrogen and oxygen atoms in total. The topological polar surface area (TPSA) is 97.4 Å². The van der Waals surface area contributed by atoms with Crippen LogP contribution in [0.15, 0.2) is 42.5 Å². The van der Waals surface area contributed by atoms with E-state index in [1.807, 2.05) is 36.4 Å². The Balaban J connectivity index is 1.70. The normalized spacial score (nSPS) is 13.9. The first kappa shape index (κ1) is 17.8. The second kappa shape index (κ2) is 7.91. The highest BCUT2D eigenvalue weighted by atomic mass is 16.5. The first-order chi connectivity index (χ1) is 12.5. The summed E-state index contributed by atoms with van der Waals surface area (Å²) in [7, 11) is 0. The van der Waals surface area contributed by atoms with Gasteiger partial charge in [-0.2, -0.15) is 0 Å². The van der Waals surface area contributed by atoms with Gasteiger partial charge in [-0.25, -0.2) is 0 Å². The minimum absolute atomic E-state index is 0.0816. The highest BCUT2D eigenvalue weighted by Crippen LogP contribution is 2.31. The molecule has 1 heterocycles. The second-order valence-electron chi connectivity index (χ2n) is 6.39. The molecule has 6 heteroatoms. The molecule has 2 aromatic carbocycles. The zero-order chi connectivity index (χ0) is 18.5. The minimum Gasteiger partial charge on any atom is -0.493 e. The number of ether oxygens (including phenoxy) is 2. The quantitative estimate of drug-likeness (QED) is 0.549. The Kier molecular flexibility index (Phi) is 5.41. The number of carbonyl (C=O) groups excluding carboxylic acids is 1. The number of hydrogen-bond donors (Lipinski definition) is 3. The molecule has 0 bridgehead atoms. The van der Waals surface area contributed by atoms with Crippen molar-refractivity contribution in [3.05, 3.63) is 53.6 Å². The number of aryl methyl sites for hydroxylation is 1. The molecular weight excluding hydrogens is 330 g/mol. The van der Waals surface area contributed by atoms with E-state index in [0.717, 1.165) is 29.9 Å². The van der Waals surface area contributed by atoms with Crippen LogP contribution in [0.1, 0.15) is 24.5 Å². The molecule has 1 aliphatic heterocycles. The molecule has 4 N–H and O–H groups in total. The van der Waals surface area contributed by atoms with E-state index in [1.165, 1.54) is 0 Å². The molecule has 1 aliphatic rings. The van der Waals surface area contributed by atoms with Gasteiger partial charge in [-0.15, -0.1) is 0 Å². The van der Waals surface area contributed by atoms with Gasteiger partial charge in [0.25, 0.3) is 0 Å². The fourth-order valence-corrected chi connectivity index (χ4v) is 2.79. The average Bonchev–Trinajstić information content (AvgIpc) is 2.66. The predicted octanol–water partition coefficient (Wildman–Crippen LogP) is 2.95. The molecule has 3 rings (SSSR count). The lowest BCUT2D eigenvalue weighted by Gasteiger charge is -2.21. The molecular formula is C20H23N3O3. The smallest absolute Gasteiger partial charge is 0.230 e. The number of anilines is 1. The van der Waals surface area contributed by atoms with Crippen LogP contribution in [0.2, 0.25) is 0 Å². The first-order valence-electron chi connectivity index (χ1n) is 8.67. The van der Waals surface area contributed by atoms with Gasteiger partial charge in [0.15, 0.2) is 0 Å². The van der Waals surface area contributed by atoms with Gasteiger partial charge in [-0.3, -0.25) is 10.2 Å². The van der Waals surface area contributed by atoms with Crippen molar-refractivity contribution in [1.29, 1.82) is 5.41 Å². The lowest BCUT2D eigenvalue weighted by atomic mass is 10.0. The number of para-hydroxylation sites is 1. The van der Waals surface area contributed by atoms with Crippen LogP contribution in [0, 0.1) is 11.3 Å². The Morgan fingerprint density at radius 2 is 2.12 bits per heavy atom. The van der Waals surface area contributed by atoms with Gasteiger partial charge in [-0.1, -0.05) is 25.1 Å². The van der Waals surface area contributed by atoms with Crippen LogP contribution in [0.4, 0.5) is 5.69 Å². The summed E-state index contributed by atoms with van der Waals surface area (Å²) in [6.07, 6.45) is 1.81. The summed E-state index contributed by atoms with van der Waals surface area (Å²) in [5.41, 5.74) is 7.72. The number of nitrogens with one attached hydrogen (secondary N) is 2. The maximum absolute atomic E-state index is 12.5. The van der Waals surface area contributed by atoms with Crippen LogP contribution < -0.4 is 20.5 Å². The van der Waals surface area contributed by atoms with Crippen molar-refractivity contribution in [1.82, 2.24) is 0 Å². The van der Waals surface area contributed by atoms with Gasteiger partial charge in [0, 0.05) is 11.6 Å². The Labute approximate surface area is 152 Å². The maximum Gasteiger partial charge on any atom is 0.230 e. The lowest BCUT2D eigenvalue weighted by Crippen LogP contribution is -2.27. The zero-order valence-electron chi connectivity index (χ0n) is 14.7. The summed E-state index contributed by atoms with van der Waals surface area (Å²) in [4.78, 5) is 12.5. The number of fused-ring (bicyclic) bond motifs is 1. The van der Waals surface area contributed by atoms with Crippen LogP contribution >= 0.6 is 0 Å². The third kappa shape index (κ3) is 4.14. The first-order valence-corrected chi connectivity index (χ1v) is 8.67. The van der Waals surface area contributed by atoms with E-state index >= 15 is 0 Å². The number of rotatable bonds is 6. The van der Waals surface area contributed by atoms with Crippen LogP contribution in [-0.4, -0.2) is 25.0 Å². The number of carbonyl (C=O) groups is 1. The maximum atomic E-state index is 12.5. The minimum atomic E-state index is -0.369. The van der Waals surface area contributed by atoms with E-state index in [-0.39, 0.29) is 24.3 Å². The predicted molar refractivity (Wildman–Crippen MR) is 101 cm³/mol. The molecule has 0 spiro atoms. The van der Waals surface area contributed by atoms with Crippen molar-refractivity contribution in [2.24, 2.45) is 11.7 Å². The molecule has 0 aromatic heterocycles. The fraction of sp³-hybridized carbons (Fsp3) is 0.300. The molecule has 1 amide bonds. The van der Waals surface area contributed by atoms with Gasteiger partial charge in [-0.05, 0) is 36.6 Å². The molecule has 136 valence electrons. The Bertz CT molecular complexity index is 805. The second-order valence-corrected chi connectivity index (χ2v) is 6.39. The summed E-state index contributed by atoms with van der Waals surface area (Å²) in [5, 5.41) is 10.7. The standard InChI is InChI=1S/C20H23N3O3/c1-13(12-26-15-7-3-2-4-8-15)20(24)23-17-11-18-14(6-5-9-25-18)10-16(17)19(21)22/h2-4,7-8,10-11,13H,5-6,9,12H2,1H3,(H3,21,22)(H,23,24). The summed E-state index contributed by atoms with van der Waals surface area (Å²) in [6, 6.07) is 13.0. The van der Waals surface area contributed by atoms with E-state index in [0.29, 0.717) is 17.9 Å². The summed E-state index contributed by atoms with van der Waals surface area (Å²) >= 11 is 0. The Morgan fingerprint density at radius 3 is 2.85 bits per heavy atom.